The Labute approximate surface area is 103 Å². The minimum atomic E-state index is -0.494. The fourth-order valence-corrected chi connectivity index (χ4v) is 1.63. The molecule has 0 saturated carbocycles. The number of halogens is 2. The van der Waals surface area contributed by atoms with Crippen molar-refractivity contribution in [3.8, 4) is 0 Å². The van der Waals surface area contributed by atoms with E-state index in [1.165, 1.54) is 12.3 Å². The van der Waals surface area contributed by atoms with E-state index in [4.69, 9.17) is 0 Å². The first-order valence-corrected chi connectivity index (χ1v) is 6.31. The number of rotatable bonds is 6. The summed E-state index contributed by atoms with van der Waals surface area (Å²) in [4.78, 5) is 15.1. The molecular formula is C11H14BrFN2O. The first-order chi connectivity index (χ1) is 7.74. The predicted octanol–water partition coefficient (Wildman–Crippen LogP) is 2.52. The molecule has 0 spiro atoms. The third kappa shape index (κ3) is 4.70. The quantitative estimate of drug-likeness (QED) is 0.646. The van der Waals surface area contributed by atoms with Crippen LogP contribution in [0.15, 0.2) is 18.5 Å². The van der Waals surface area contributed by atoms with Crippen LogP contribution < -0.4 is 5.32 Å². The number of hydrogen-bond donors (Lipinski definition) is 1. The third-order valence-corrected chi connectivity index (χ3v) is 2.62. The van der Waals surface area contributed by atoms with Gasteiger partial charge in [-0.3, -0.25) is 9.78 Å². The van der Waals surface area contributed by atoms with Crippen molar-refractivity contribution < 1.29 is 9.18 Å². The molecule has 1 aromatic rings. The van der Waals surface area contributed by atoms with E-state index in [0.717, 1.165) is 30.8 Å². The summed E-state index contributed by atoms with van der Waals surface area (Å²) >= 11 is 3.34. The number of carbonyl (C=O) groups is 1. The van der Waals surface area contributed by atoms with Crippen LogP contribution in [0.3, 0.4) is 0 Å². The maximum atomic E-state index is 12.8. The molecule has 0 aliphatic rings. The highest BCUT2D eigenvalue weighted by Crippen LogP contribution is 2.01. The van der Waals surface area contributed by atoms with Gasteiger partial charge in [0.25, 0.3) is 5.91 Å². The van der Waals surface area contributed by atoms with Crippen molar-refractivity contribution in [1.29, 1.82) is 0 Å². The molecule has 5 heteroatoms. The molecule has 1 rings (SSSR count). The van der Waals surface area contributed by atoms with Crippen LogP contribution in [0.25, 0.3) is 0 Å². The largest absolute Gasteiger partial charge is 0.352 e. The summed E-state index contributed by atoms with van der Waals surface area (Å²) in [6, 6.07) is 1.18. The Kier molecular flexibility index (Phi) is 6.00. The van der Waals surface area contributed by atoms with Gasteiger partial charge in [0.1, 0.15) is 5.82 Å². The standard InChI is InChI=1S/C11H14BrFN2O/c12-4-2-1-3-5-15-11(16)9-6-10(13)8-14-7-9/h6-8H,1-5H2,(H,15,16). The highest BCUT2D eigenvalue weighted by Gasteiger charge is 2.05. The molecule has 0 aliphatic heterocycles. The summed E-state index contributed by atoms with van der Waals surface area (Å²) < 4.78 is 12.8. The fourth-order valence-electron chi connectivity index (χ4n) is 1.24. The van der Waals surface area contributed by atoms with Gasteiger partial charge in [-0.1, -0.05) is 22.4 Å². The number of nitrogens with zero attached hydrogens (tertiary/aromatic N) is 1. The molecule has 3 nitrogen and oxygen atoms in total. The Morgan fingerprint density at radius 2 is 2.19 bits per heavy atom. The average Bonchev–Trinajstić information content (AvgIpc) is 2.28. The second kappa shape index (κ2) is 7.33. The van der Waals surface area contributed by atoms with Crippen molar-refractivity contribution in [3.63, 3.8) is 0 Å². The summed E-state index contributed by atoms with van der Waals surface area (Å²) in [5.41, 5.74) is 0.264. The van der Waals surface area contributed by atoms with Crippen LogP contribution in [0.1, 0.15) is 29.6 Å². The number of pyridine rings is 1. The lowest BCUT2D eigenvalue weighted by Crippen LogP contribution is -2.24. The zero-order valence-electron chi connectivity index (χ0n) is 8.88. The first kappa shape index (κ1) is 13.1. The van der Waals surface area contributed by atoms with E-state index in [-0.39, 0.29) is 11.5 Å². The molecule has 0 saturated heterocycles. The number of alkyl halides is 1. The van der Waals surface area contributed by atoms with E-state index in [1.807, 2.05) is 0 Å². The normalized spacial score (nSPS) is 10.1. The van der Waals surface area contributed by atoms with Gasteiger partial charge in [-0.25, -0.2) is 4.39 Å². The number of hydrogen-bond acceptors (Lipinski definition) is 2. The van der Waals surface area contributed by atoms with Crippen LogP contribution in [-0.2, 0) is 0 Å². The number of carbonyl (C=O) groups excluding carboxylic acids is 1. The van der Waals surface area contributed by atoms with Gasteiger partial charge in [-0.05, 0) is 18.9 Å². The van der Waals surface area contributed by atoms with Crippen molar-refractivity contribution in [3.05, 3.63) is 29.8 Å². The van der Waals surface area contributed by atoms with Crippen LogP contribution in [0.4, 0.5) is 4.39 Å². The highest BCUT2D eigenvalue weighted by atomic mass is 79.9. The number of aromatic nitrogens is 1. The third-order valence-electron chi connectivity index (χ3n) is 2.06. The zero-order chi connectivity index (χ0) is 11.8. The summed E-state index contributed by atoms with van der Waals surface area (Å²) in [7, 11) is 0. The molecule has 16 heavy (non-hydrogen) atoms. The van der Waals surface area contributed by atoms with Gasteiger partial charge in [0.05, 0.1) is 11.8 Å². The van der Waals surface area contributed by atoms with Crippen molar-refractivity contribution >= 4 is 21.8 Å². The Morgan fingerprint density at radius 3 is 2.88 bits per heavy atom. The first-order valence-electron chi connectivity index (χ1n) is 5.19. The molecule has 0 atom stereocenters. The van der Waals surface area contributed by atoms with Gasteiger partial charge in [-0.15, -0.1) is 0 Å². The van der Waals surface area contributed by atoms with Crippen LogP contribution in [-0.4, -0.2) is 22.8 Å². The molecule has 1 aromatic heterocycles. The average molecular weight is 289 g/mol. The molecule has 0 aromatic carbocycles. The van der Waals surface area contributed by atoms with Gasteiger partial charge in [0.2, 0.25) is 0 Å². The van der Waals surface area contributed by atoms with Gasteiger partial charge in [0.15, 0.2) is 0 Å². The highest BCUT2D eigenvalue weighted by molar-refractivity contribution is 9.09. The Morgan fingerprint density at radius 1 is 1.38 bits per heavy atom. The summed E-state index contributed by atoms with van der Waals surface area (Å²) in [5.74, 6) is -0.766. The predicted molar refractivity (Wildman–Crippen MR) is 64.2 cm³/mol. The van der Waals surface area contributed by atoms with Gasteiger partial charge in [0, 0.05) is 18.1 Å². The molecule has 88 valence electrons. The second-order valence-electron chi connectivity index (χ2n) is 3.40. The topological polar surface area (TPSA) is 42.0 Å². The zero-order valence-corrected chi connectivity index (χ0v) is 10.5. The summed E-state index contributed by atoms with van der Waals surface area (Å²) in [5, 5.41) is 3.71. The smallest absolute Gasteiger partial charge is 0.252 e. The maximum absolute atomic E-state index is 12.8. The maximum Gasteiger partial charge on any atom is 0.252 e. The van der Waals surface area contributed by atoms with E-state index in [2.05, 4.69) is 26.2 Å². The molecule has 0 unspecified atom stereocenters. The van der Waals surface area contributed by atoms with Crippen molar-refractivity contribution in [1.82, 2.24) is 10.3 Å². The van der Waals surface area contributed by atoms with Crippen LogP contribution in [0, 0.1) is 5.82 Å². The van der Waals surface area contributed by atoms with Gasteiger partial charge in [-0.2, -0.15) is 0 Å². The fraction of sp³-hybridized carbons (Fsp3) is 0.455. The van der Waals surface area contributed by atoms with E-state index < -0.39 is 5.82 Å². The SMILES string of the molecule is O=C(NCCCCCBr)c1cncc(F)c1. The number of nitrogens with one attached hydrogen (secondary N) is 1. The van der Waals surface area contributed by atoms with Crippen LogP contribution in [0.2, 0.25) is 0 Å². The number of amides is 1. The van der Waals surface area contributed by atoms with E-state index >= 15 is 0 Å². The van der Waals surface area contributed by atoms with Crippen molar-refractivity contribution in [2.45, 2.75) is 19.3 Å². The molecule has 0 bridgehead atoms. The molecule has 0 fully saturated rings. The van der Waals surface area contributed by atoms with Crippen molar-refractivity contribution in [2.75, 3.05) is 11.9 Å². The lowest BCUT2D eigenvalue weighted by Gasteiger charge is -2.04. The molecule has 0 radical (unpaired) electrons. The minimum Gasteiger partial charge on any atom is -0.352 e. The van der Waals surface area contributed by atoms with Gasteiger partial charge < -0.3 is 5.32 Å². The van der Waals surface area contributed by atoms with Crippen LogP contribution in [0.5, 0.6) is 0 Å². The van der Waals surface area contributed by atoms with Crippen LogP contribution >= 0.6 is 15.9 Å². The summed E-state index contributed by atoms with van der Waals surface area (Å²) in [6.07, 6.45) is 5.52. The minimum absolute atomic E-state index is 0.264. The van der Waals surface area contributed by atoms with E-state index in [9.17, 15) is 9.18 Å². The summed E-state index contributed by atoms with van der Waals surface area (Å²) in [6.45, 7) is 0.613. The molecular weight excluding hydrogens is 275 g/mol. The molecule has 1 N–H and O–H groups in total. The Hall–Kier alpha value is -0.970. The molecule has 0 aliphatic carbocycles. The lowest BCUT2D eigenvalue weighted by molar-refractivity contribution is 0.0952. The Bertz CT molecular complexity index is 347. The second-order valence-corrected chi connectivity index (χ2v) is 4.19. The van der Waals surface area contributed by atoms with E-state index in [1.54, 1.807) is 0 Å². The lowest BCUT2D eigenvalue weighted by atomic mass is 10.2. The number of unbranched alkanes of at least 4 members (excludes halogenated alkanes) is 2. The monoisotopic (exact) mass is 288 g/mol. The molecule has 1 heterocycles. The Balaban J connectivity index is 2.30. The van der Waals surface area contributed by atoms with E-state index in [0.29, 0.717) is 6.54 Å². The molecule has 1 amide bonds. The van der Waals surface area contributed by atoms with Gasteiger partial charge >= 0.3 is 0 Å². The van der Waals surface area contributed by atoms with Crippen molar-refractivity contribution in [2.24, 2.45) is 0 Å².